The number of ether oxygens (including phenoxy) is 3. The summed E-state index contributed by atoms with van der Waals surface area (Å²) in [6.07, 6.45) is 7.77. The smallest absolute Gasteiger partial charge is 0.226 e. The molecule has 0 spiro atoms. The van der Waals surface area contributed by atoms with Crippen LogP contribution in [0.15, 0.2) is 29.6 Å². The summed E-state index contributed by atoms with van der Waals surface area (Å²) < 4.78 is 17.6. The van der Waals surface area contributed by atoms with E-state index in [0.717, 1.165) is 70.8 Å². The Morgan fingerprint density at radius 2 is 1.80 bits per heavy atom. The Bertz CT molecular complexity index is 936. The molecule has 8 nitrogen and oxygen atoms in total. The fraction of sp³-hybridized carbons (Fsp3) is 0.727. The molecule has 8 heteroatoms. The van der Waals surface area contributed by atoms with Gasteiger partial charge in [-0.3, -0.25) is 4.79 Å². The normalized spacial score (nSPS) is 18.0. The molecule has 1 amide bonds. The van der Waals surface area contributed by atoms with Gasteiger partial charge in [-0.15, -0.1) is 0 Å². The molecule has 0 bridgehead atoms. The fourth-order valence-electron chi connectivity index (χ4n) is 5.22. The molecule has 0 saturated carbocycles. The molecule has 2 aliphatic rings. The van der Waals surface area contributed by atoms with Gasteiger partial charge in [-0.25, -0.2) is 0 Å². The summed E-state index contributed by atoms with van der Waals surface area (Å²) in [6.45, 7) is 16.8. The molecule has 1 unspecified atom stereocenters. The minimum absolute atomic E-state index is 0.0360. The number of fused-ring (bicyclic) bond motifs is 1. The van der Waals surface area contributed by atoms with E-state index in [-0.39, 0.29) is 11.8 Å². The van der Waals surface area contributed by atoms with Gasteiger partial charge in [-0.2, -0.15) is 0 Å². The average molecular weight is 573 g/mol. The number of hydrogen-bond acceptors (Lipinski definition) is 7. The lowest BCUT2D eigenvalue weighted by Gasteiger charge is -2.23. The SMILES string of the molecule is CC1=C(NCCCOc2ccc3c(c2)CN(CCOCCNCCOCCC(C)C)C(=O)C(C)C3)NCCCCC1. The molecule has 232 valence electrons. The second kappa shape index (κ2) is 19.0. The summed E-state index contributed by atoms with van der Waals surface area (Å²) in [7, 11) is 0. The summed E-state index contributed by atoms with van der Waals surface area (Å²) >= 11 is 0. The third-order valence-electron chi connectivity index (χ3n) is 7.84. The van der Waals surface area contributed by atoms with Gasteiger partial charge in [0.1, 0.15) is 5.75 Å². The number of hydrogen-bond donors (Lipinski definition) is 3. The van der Waals surface area contributed by atoms with Crippen LogP contribution in [0.4, 0.5) is 0 Å². The van der Waals surface area contributed by atoms with Crippen molar-refractivity contribution in [2.24, 2.45) is 11.8 Å². The quantitative estimate of drug-likeness (QED) is 0.221. The van der Waals surface area contributed by atoms with Crippen LogP contribution in [0.3, 0.4) is 0 Å². The number of benzene rings is 1. The van der Waals surface area contributed by atoms with Gasteiger partial charge in [0.15, 0.2) is 0 Å². The lowest BCUT2D eigenvalue weighted by Crippen LogP contribution is -2.36. The number of carbonyl (C=O) groups is 1. The minimum atomic E-state index is -0.0360. The molecule has 0 saturated heterocycles. The fourth-order valence-corrected chi connectivity index (χ4v) is 5.22. The van der Waals surface area contributed by atoms with Crippen LogP contribution in [-0.4, -0.2) is 76.6 Å². The highest BCUT2D eigenvalue weighted by Crippen LogP contribution is 2.26. The predicted octanol–water partition coefficient (Wildman–Crippen LogP) is 4.63. The molecular formula is C33H56N4O4. The Morgan fingerprint density at radius 3 is 2.61 bits per heavy atom. The Labute approximate surface area is 248 Å². The predicted molar refractivity (Wildman–Crippen MR) is 166 cm³/mol. The molecule has 2 aliphatic heterocycles. The van der Waals surface area contributed by atoms with E-state index in [1.54, 1.807) is 0 Å². The van der Waals surface area contributed by atoms with Crippen LogP contribution in [0.25, 0.3) is 0 Å². The van der Waals surface area contributed by atoms with Gasteiger partial charge in [0.25, 0.3) is 0 Å². The van der Waals surface area contributed by atoms with Gasteiger partial charge >= 0.3 is 0 Å². The highest BCUT2D eigenvalue weighted by atomic mass is 16.5. The van der Waals surface area contributed by atoms with Crippen molar-refractivity contribution >= 4 is 5.91 Å². The van der Waals surface area contributed by atoms with Crippen molar-refractivity contribution in [3.63, 3.8) is 0 Å². The van der Waals surface area contributed by atoms with Crippen LogP contribution >= 0.6 is 0 Å². The van der Waals surface area contributed by atoms with Gasteiger partial charge in [0.2, 0.25) is 5.91 Å². The lowest BCUT2D eigenvalue weighted by atomic mass is 9.98. The first kappa shape index (κ1) is 33.2. The molecule has 3 rings (SSSR count). The molecule has 0 aromatic heterocycles. The average Bonchev–Trinajstić information content (AvgIpc) is 3.05. The van der Waals surface area contributed by atoms with Crippen LogP contribution in [0.5, 0.6) is 5.75 Å². The molecule has 41 heavy (non-hydrogen) atoms. The van der Waals surface area contributed by atoms with Crippen molar-refractivity contribution in [2.75, 3.05) is 65.8 Å². The van der Waals surface area contributed by atoms with E-state index in [0.29, 0.717) is 38.8 Å². The van der Waals surface area contributed by atoms with Crippen LogP contribution < -0.4 is 20.7 Å². The van der Waals surface area contributed by atoms with Crippen LogP contribution in [0.2, 0.25) is 0 Å². The number of nitrogens with zero attached hydrogens (tertiary/aromatic N) is 1. The number of amides is 1. The standard InChI is InChI=1S/C33H56N4O4/c1-26(2)12-19-39-20-15-34-16-21-40-22-17-37-25-30-24-31(11-10-29(30)23-28(4)33(37)38)41-18-8-14-36-32-27(3)9-6-5-7-13-35-32/h10-11,24,26,28,34-36H,5-9,12-23,25H2,1-4H3. The van der Waals surface area contributed by atoms with Crippen LogP contribution in [0.1, 0.15) is 77.3 Å². The number of nitrogens with one attached hydrogen (secondary N) is 3. The molecule has 0 radical (unpaired) electrons. The van der Waals surface area contributed by atoms with Crippen molar-refractivity contribution in [2.45, 2.75) is 79.2 Å². The van der Waals surface area contributed by atoms with E-state index < -0.39 is 0 Å². The maximum Gasteiger partial charge on any atom is 0.226 e. The Hall–Kier alpha value is -2.29. The molecule has 3 N–H and O–H groups in total. The zero-order chi connectivity index (χ0) is 29.3. The van der Waals surface area contributed by atoms with Crippen molar-refractivity contribution in [3.05, 3.63) is 40.7 Å². The maximum absolute atomic E-state index is 13.1. The minimum Gasteiger partial charge on any atom is -0.494 e. The number of carbonyl (C=O) groups excluding carboxylic acids is 1. The Balaban J connectivity index is 1.36. The molecule has 0 aliphatic carbocycles. The number of allylic oxidation sites excluding steroid dienone is 1. The Kier molecular flexibility index (Phi) is 15.4. The zero-order valence-corrected chi connectivity index (χ0v) is 26.2. The first-order valence-electron chi connectivity index (χ1n) is 16.0. The van der Waals surface area contributed by atoms with Gasteiger partial charge in [0, 0.05) is 51.8 Å². The monoisotopic (exact) mass is 572 g/mol. The van der Waals surface area contributed by atoms with Crippen LogP contribution in [-0.2, 0) is 27.2 Å². The highest BCUT2D eigenvalue weighted by Gasteiger charge is 2.26. The van der Waals surface area contributed by atoms with E-state index in [1.807, 2.05) is 17.9 Å². The van der Waals surface area contributed by atoms with Gasteiger partial charge in [-0.1, -0.05) is 33.3 Å². The summed E-state index contributed by atoms with van der Waals surface area (Å²) in [5.41, 5.74) is 3.84. The van der Waals surface area contributed by atoms with E-state index in [1.165, 1.54) is 41.8 Å². The van der Waals surface area contributed by atoms with Gasteiger partial charge in [-0.05, 0) is 80.2 Å². The third kappa shape index (κ3) is 12.6. The first-order chi connectivity index (χ1) is 19.9. The largest absolute Gasteiger partial charge is 0.494 e. The second-order valence-electron chi connectivity index (χ2n) is 12.0. The topological polar surface area (TPSA) is 84.1 Å². The van der Waals surface area contributed by atoms with E-state index in [4.69, 9.17) is 14.2 Å². The zero-order valence-electron chi connectivity index (χ0n) is 26.2. The van der Waals surface area contributed by atoms with E-state index >= 15 is 0 Å². The first-order valence-corrected chi connectivity index (χ1v) is 16.0. The van der Waals surface area contributed by atoms with Crippen molar-refractivity contribution in [3.8, 4) is 5.75 Å². The highest BCUT2D eigenvalue weighted by molar-refractivity contribution is 5.79. The third-order valence-corrected chi connectivity index (χ3v) is 7.84. The van der Waals surface area contributed by atoms with Crippen molar-refractivity contribution in [1.29, 1.82) is 0 Å². The molecule has 2 heterocycles. The number of rotatable bonds is 18. The second-order valence-corrected chi connectivity index (χ2v) is 12.0. The van der Waals surface area contributed by atoms with Crippen molar-refractivity contribution < 1.29 is 19.0 Å². The summed E-state index contributed by atoms with van der Waals surface area (Å²) in [5.74, 6) is 2.92. The molecule has 1 aromatic carbocycles. The molecular weight excluding hydrogens is 516 g/mol. The summed E-state index contributed by atoms with van der Waals surface area (Å²) in [5, 5.41) is 10.5. The van der Waals surface area contributed by atoms with E-state index in [9.17, 15) is 4.79 Å². The maximum atomic E-state index is 13.1. The molecule has 1 atom stereocenters. The van der Waals surface area contributed by atoms with Gasteiger partial charge < -0.3 is 35.1 Å². The molecule has 1 aromatic rings. The summed E-state index contributed by atoms with van der Waals surface area (Å²) in [6, 6.07) is 6.31. The Morgan fingerprint density at radius 1 is 1.00 bits per heavy atom. The van der Waals surface area contributed by atoms with Crippen molar-refractivity contribution in [1.82, 2.24) is 20.9 Å². The lowest BCUT2D eigenvalue weighted by molar-refractivity contribution is -0.136. The summed E-state index contributed by atoms with van der Waals surface area (Å²) in [4.78, 5) is 15.0. The van der Waals surface area contributed by atoms with Gasteiger partial charge in [0.05, 0.1) is 32.2 Å². The molecule has 0 fully saturated rings. The van der Waals surface area contributed by atoms with Crippen LogP contribution in [0, 0.1) is 11.8 Å². The van der Waals surface area contributed by atoms with E-state index in [2.05, 4.69) is 48.9 Å².